The highest BCUT2D eigenvalue weighted by molar-refractivity contribution is 7.93. The molecule has 1 aromatic rings. The predicted octanol–water partition coefficient (Wildman–Crippen LogP) is 1.30. The van der Waals surface area contributed by atoms with Gasteiger partial charge in [-0.25, -0.2) is 13.2 Å². The fourth-order valence-corrected chi connectivity index (χ4v) is 3.93. The highest BCUT2D eigenvalue weighted by Gasteiger charge is 2.28. The first-order valence-electron chi connectivity index (χ1n) is 7.98. The number of hydrogen-bond acceptors (Lipinski definition) is 5. The number of hydrogen-bond donors (Lipinski definition) is 1. The van der Waals surface area contributed by atoms with E-state index in [1.54, 1.807) is 12.1 Å². The van der Waals surface area contributed by atoms with E-state index in [1.807, 2.05) is 6.92 Å². The highest BCUT2D eigenvalue weighted by Crippen LogP contribution is 2.24. The smallest absolute Gasteiger partial charge is 0.338 e. The average Bonchev–Trinajstić information content (AvgIpc) is 2.92. The maximum atomic E-state index is 11.9. The molecular weight excluding hydrogens is 332 g/mol. The molecule has 1 fully saturated rings. The van der Waals surface area contributed by atoms with E-state index >= 15 is 0 Å². The largest absolute Gasteiger partial charge is 0.452 e. The van der Waals surface area contributed by atoms with Crippen LogP contribution in [0, 0.1) is 0 Å². The van der Waals surface area contributed by atoms with Crippen molar-refractivity contribution in [1.29, 1.82) is 0 Å². The van der Waals surface area contributed by atoms with Crippen LogP contribution >= 0.6 is 0 Å². The lowest BCUT2D eigenvalue weighted by Crippen LogP contribution is -2.29. The van der Waals surface area contributed by atoms with Crippen molar-refractivity contribution in [1.82, 2.24) is 5.32 Å². The number of anilines is 1. The van der Waals surface area contributed by atoms with Crippen LogP contribution in [-0.2, 0) is 19.6 Å². The number of rotatable bonds is 7. The Morgan fingerprint density at radius 1 is 1.25 bits per heavy atom. The van der Waals surface area contributed by atoms with Gasteiger partial charge in [-0.15, -0.1) is 0 Å². The molecule has 0 aromatic heterocycles. The molecule has 1 heterocycles. The summed E-state index contributed by atoms with van der Waals surface area (Å²) in [5.74, 6) is -0.808. The molecule has 1 saturated heterocycles. The lowest BCUT2D eigenvalue weighted by Gasteiger charge is -2.16. The molecule has 0 unspecified atom stereocenters. The number of esters is 1. The number of carbonyl (C=O) groups excluding carboxylic acids is 2. The van der Waals surface area contributed by atoms with Gasteiger partial charge in [-0.2, -0.15) is 0 Å². The molecular formula is C16H22N2O5S. The number of nitrogens with zero attached hydrogens (tertiary/aromatic N) is 1. The number of ether oxygens (including phenoxy) is 1. The molecule has 1 aliphatic rings. The lowest BCUT2D eigenvalue weighted by atomic mass is 10.2. The summed E-state index contributed by atoms with van der Waals surface area (Å²) in [5.41, 5.74) is 0.804. The maximum Gasteiger partial charge on any atom is 0.338 e. The average molecular weight is 354 g/mol. The van der Waals surface area contributed by atoms with Crippen molar-refractivity contribution < 1.29 is 22.7 Å². The SMILES string of the molecule is CCCCNC(=O)COC(=O)c1ccc(N2CCCS2(=O)=O)cc1. The summed E-state index contributed by atoms with van der Waals surface area (Å²) in [4.78, 5) is 23.4. The highest BCUT2D eigenvalue weighted by atomic mass is 32.2. The molecule has 1 amide bonds. The second kappa shape index (κ2) is 8.14. The number of nitrogens with one attached hydrogen (secondary N) is 1. The topological polar surface area (TPSA) is 92.8 Å². The van der Waals surface area contributed by atoms with Gasteiger partial charge in [-0.3, -0.25) is 9.10 Å². The van der Waals surface area contributed by atoms with Gasteiger partial charge in [0.2, 0.25) is 10.0 Å². The van der Waals surface area contributed by atoms with Crippen LogP contribution < -0.4 is 9.62 Å². The van der Waals surface area contributed by atoms with Gasteiger partial charge in [0, 0.05) is 13.1 Å². The van der Waals surface area contributed by atoms with Crippen LogP contribution in [0.1, 0.15) is 36.5 Å². The summed E-state index contributed by atoms with van der Waals surface area (Å²) in [7, 11) is -3.24. The molecule has 0 atom stereocenters. The van der Waals surface area contributed by atoms with Crippen LogP contribution in [0.4, 0.5) is 5.69 Å². The van der Waals surface area contributed by atoms with E-state index in [1.165, 1.54) is 16.4 Å². The van der Waals surface area contributed by atoms with Crippen molar-refractivity contribution in [3.63, 3.8) is 0 Å². The number of amides is 1. The summed E-state index contributed by atoms with van der Waals surface area (Å²) < 4.78 is 30.0. The molecule has 2 rings (SSSR count). The first-order chi connectivity index (χ1) is 11.4. The lowest BCUT2D eigenvalue weighted by molar-refractivity contribution is -0.124. The second-order valence-electron chi connectivity index (χ2n) is 5.57. The summed E-state index contributed by atoms with van der Waals surface area (Å²) in [6.45, 7) is 2.70. The van der Waals surface area contributed by atoms with E-state index in [4.69, 9.17) is 4.74 Å². The zero-order valence-corrected chi connectivity index (χ0v) is 14.5. The Bertz CT molecular complexity index is 685. The fourth-order valence-electron chi connectivity index (χ4n) is 2.36. The first-order valence-corrected chi connectivity index (χ1v) is 9.59. The summed E-state index contributed by atoms with van der Waals surface area (Å²) in [6.07, 6.45) is 2.44. The predicted molar refractivity (Wildman–Crippen MR) is 90.4 cm³/mol. The van der Waals surface area contributed by atoms with E-state index in [-0.39, 0.29) is 23.8 Å². The van der Waals surface area contributed by atoms with Crippen LogP contribution in [0.3, 0.4) is 0 Å². The minimum absolute atomic E-state index is 0.143. The number of carbonyl (C=O) groups is 2. The van der Waals surface area contributed by atoms with Gasteiger partial charge in [-0.1, -0.05) is 13.3 Å². The van der Waals surface area contributed by atoms with Crippen molar-refractivity contribution in [3.05, 3.63) is 29.8 Å². The Morgan fingerprint density at radius 3 is 2.54 bits per heavy atom. The Balaban J connectivity index is 1.88. The standard InChI is InChI=1S/C16H22N2O5S/c1-2-3-9-17-15(19)12-23-16(20)13-5-7-14(8-6-13)18-10-4-11-24(18,21)22/h5-8H,2-4,9-12H2,1H3,(H,17,19). The van der Waals surface area contributed by atoms with E-state index in [9.17, 15) is 18.0 Å². The van der Waals surface area contributed by atoms with Crippen molar-refractivity contribution >= 4 is 27.6 Å². The third kappa shape index (κ3) is 4.70. The minimum Gasteiger partial charge on any atom is -0.452 e. The van der Waals surface area contributed by atoms with Gasteiger partial charge in [0.1, 0.15) is 0 Å². The number of benzene rings is 1. The van der Waals surface area contributed by atoms with Gasteiger partial charge in [0.25, 0.3) is 5.91 Å². The summed E-state index contributed by atoms with van der Waals surface area (Å²) in [6, 6.07) is 6.14. The second-order valence-corrected chi connectivity index (χ2v) is 7.58. The molecule has 8 heteroatoms. The van der Waals surface area contributed by atoms with Crippen LogP contribution in [0.2, 0.25) is 0 Å². The molecule has 0 aliphatic carbocycles. The van der Waals surface area contributed by atoms with E-state index < -0.39 is 16.0 Å². The third-order valence-corrected chi connectivity index (χ3v) is 5.55. The molecule has 24 heavy (non-hydrogen) atoms. The summed E-state index contributed by atoms with van der Waals surface area (Å²) >= 11 is 0. The quantitative estimate of drug-likeness (QED) is 0.588. The van der Waals surface area contributed by atoms with Crippen LogP contribution in [-0.4, -0.2) is 45.7 Å². The Morgan fingerprint density at radius 2 is 1.96 bits per heavy atom. The van der Waals surface area contributed by atoms with Gasteiger partial charge in [-0.05, 0) is 37.1 Å². The number of unbranched alkanes of at least 4 members (excludes halogenated alkanes) is 1. The Kier molecular flexibility index (Phi) is 6.19. The molecule has 0 spiro atoms. The van der Waals surface area contributed by atoms with E-state index in [0.717, 1.165) is 12.8 Å². The fraction of sp³-hybridized carbons (Fsp3) is 0.500. The zero-order valence-electron chi connectivity index (χ0n) is 13.7. The van der Waals surface area contributed by atoms with Gasteiger partial charge in [0.05, 0.1) is 17.0 Å². The van der Waals surface area contributed by atoms with Crippen molar-refractivity contribution in [2.75, 3.05) is 29.8 Å². The zero-order chi connectivity index (χ0) is 17.6. The maximum absolute atomic E-state index is 11.9. The van der Waals surface area contributed by atoms with Crippen molar-refractivity contribution in [3.8, 4) is 0 Å². The minimum atomic E-state index is -3.24. The Hall–Kier alpha value is -2.09. The van der Waals surface area contributed by atoms with Gasteiger partial charge >= 0.3 is 5.97 Å². The number of sulfonamides is 1. The molecule has 7 nitrogen and oxygen atoms in total. The molecule has 1 aromatic carbocycles. The molecule has 0 bridgehead atoms. The van der Waals surface area contributed by atoms with E-state index in [2.05, 4.69) is 5.32 Å². The normalized spacial score (nSPS) is 16.0. The van der Waals surface area contributed by atoms with Crippen LogP contribution in [0.15, 0.2) is 24.3 Å². The molecule has 0 radical (unpaired) electrons. The first kappa shape index (κ1) is 18.3. The molecule has 1 aliphatic heterocycles. The third-order valence-electron chi connectivity index (χ3n) is 3.68. The molecule has 132 valence electrons. The van der Waals surface area contributed by atoms with Crippen molar-refractivity contribution in [2.24, 2.45) is 0 Å². The monoisotopic (exact) mass is 354 g/mol. The Labute approximate surface area is 142 Å². The van der Waals surface area contributed by atoms with Gasteiger partial charge < -0.3 is 10.1 Å². The van der Waals surface area contributed by atoms with Crippen LogP contribution in [0.5, 0.6) is 0 Å². The molecule has 1 N–H and O–H groups in total. The van der Waals surface area contributed by atoms with Crippen LogP contribution in [0.25, 0.3) is 0 Å². The van der Waals surface area contributed by atoms with E-state index in [0.29, 0.717) is 25.2 Å². The summed E-state index contributed by atoms with van der Waals surface area (Å²) in [5, 5.41) is 2.66. The van der Waals surface area contributed by atoms with Crippen molar-refractivity contribution in [2.45, 2.75) is 26.2 Å². The molecule has 0 saturated carbocycles. The van der Waals surface area contributed by atoms with Gasteiger partial charge in [0.15, 0.2) is 6.61 Å².